The van der Waals surface area contributed by atoms with E-state index in [-0.39, 0.29) is 11.4 Å². The molecule has 156 valence electrons. The Morgan fingerprint density at radius 2 is 2.03 bits per heavy atom. The highest BCUT2D eigenvalue weighted by molar-refractivity contribution is 7.11. The zero-order valence-electron chi connectivity index (χ0n) is 17.0. The Balaban J connectivity index is 1.13. The topological polar surface area (TPSA) is 72.3 Å². The SMILES string of the molecule is N#CCC1(N2CCC(N[C@@H]3C[C@H]3c3ccccc3)CC2)CN(C(=O)c2cncs2)C1. The molecule has 2 atom stereocenters. The molecule has 5 rings (SSSR count). The van der Waals surface area contributed by atoms with Gasteiger partial charge in [0.15, 0.2) is 0 Å². The number of hydrogen-bond acceptors (Lipinski definition) is 6. The van der Waals surface area contributed by atoms with E-state index in [1.165, 1.54) is 23.3 Å². The minimum atomic E-state index is -0.174. The Morgan fingerprint density at radius 1 is 1.27 bits per heavy atom. The number of nitrogens with one attached hydrogen (secondary N) is 1. The summed E-state index contributed by atoms with van der Waals surface area (Å²) in [6, 6.07) is 14.3. The van der Waals surface area contributed by atoms with Gasteiger partial charge >= 0.3 is 0 Å². The molecule has 7 heteroatoms. The maximum atomic E-state index is 12.6. The van der Waals surface area contributed by atoms with Gasteiger partial charge in [0.05, 0.1) is 29.7 Å². The number of aromatic nitrogens is 1. The number of rotatable bonds is 6. The second-order valence-corrected chi connectivity index (χ2v) is 9.76. The first-order valence-electron chi connectivity index (χ1n) is 10.8. The summed E-state index contributed by atoms with van der Waals surface area (Å²) in [7, 11) is 0. The van der Waals surface area contributed by atoms with E-state index in [4.69, 9.17) is 0 Å². The molecule has 0 spiro atoms. The molecule has 2 saturated heterocycles. The van der Waals surface area contributed by atoms with Gasteiger partial charge in [-0.05, 0) is 24.8 Å². The van der Waals surface area contributed by atoms with Crippen LogP contribution in [0.1, 0.15) is 46.8 Å². The molecule has 1 amide bonds. The number of benzene rings is 1. The Labute approximate surface area is 181 Å². The van der Waals surface area contributed by atoms with Crippen LogP contribution in [0.3, 0.4) is 0 Å². The molecule has 1 aromatic carbocycles. The summed E-state index contributed by atoms with van der Waals surface area (Å²) in [5.41, 5.74) is 2.96. The standard InChI is InChI=1S/C23H27N5OS/c24-9-8-23(14-27(15-23)22(29)21-13-25-16-30-21)28-10-6-18(7-11-28)26-20-12-19(20)17-4-2-1-3-5-17/h1-5,13,16,18-20,26H,6-8,10-12,14-15H2/t19-,20+/m0/s1. The number of nitrogens with zero attached hydrogens (tertiary/aromatic N) is 4. The molecule has 0 bridgehead atoms. The van der Waals surface area contributed by atoms with Crippen molar-refractivity contribution in [2.24, 2.45) is 0 Å². The van der Waals surface area contributed by atoms with E-state index in [1.807, 2.05) is 4.90 Å². The third kappa shape index (κ3) is 3.76. The molecule has 2 aliphatic heterocycles. The van der Waals surface area contributed by atoms with Crippen LogP contribution in [0.4, 0.5) is 0 Å². The van der Waals surface area contributed by atoms with Gasteiger partial charge in [-0.25, -0.2) is 0 Å². The number of thiazole rings is 1. The summed E-state index contributed by atoms with van der Waals surface area (Å²) in [4.78, 5) is 21.6. The summed E-state index contributed by atoms with van der Waals surface area (Å²) in [5, 5.41) is 13.3. The number of hydrogen-bond donors (Lipinski definition) is 1. The fraction of sp³-hybridized carbons (Fsp3) is 0.522. The Hall–Kier alpha value is -2.27. The van der Waals surface area contributed by atoms with Crippen molar-refractivity contribution in [3.63, 3.8) is 0 Å². The lowest BCUT2D eigenvalue weighted by molar-refractivity contribution is -0.0495. The average molecular weight is 422 g/mol. The highest BCUT2D eigenvalue weighted by atomic mass is 32.1. The molecule has 1 N–H and O–H groups in total. The van der Waals surface area contributed by atoms with Crippen molar-refractivity contribution >= 4 is 17.2 Å². The number of nitriles is 1. The molecule has 3 heterocycles. The summed E-state index contributed by atoms with van der Waals surface area (Å²) < 4.78 is 0. The van der Waals surface area contributed by atoms with Crippen LogP contribution in [0, 0.1) is 11.3 Å². The Morgan fingerprint density at radius 3 is 2.70 bits per heavy atom. The van der Waals surface area contributed by atoms with E-state index in [0.29, 0.717) is 42.4 Å². The van der Waals surface area contributed by atoms with Crippen molar-refractivity contribution in [1.29, 1.82) is 5.26 Å². The lowest BCUT2D eigenvalue weighted by Crippen LogP contribution is -2.72. The van der Waals surface area contributed by atoms with Crippen LogP contribution in [0.5, 0.6) is 0 Å². The number of piperidine rings is 1. The second kappa shape index (κ2) is 8.10. The molecule has 3 aliphatic rings. The van der Waals surface area contributed by atoms with Crippen LogP contribution in [0.25, 0.3) is 0 Å². The van der Waals surface area contributed by atoms with Crippen LogP contribution >= 0.6 is 11.3 Å². The van der Waals surface area contributed by atoms with E-state index in [2.05, 4.69) is 51.6 Å². The van der Waals surface area contributed by atoms with Crippen LogP contribution in [-0.4, -0.2) is 64.5 Å². The van der Waals surface area contributed by atoms with Crippen molar-refractivity contribution in [3.8, 4) is 6.07 Å². The first-order valence-corrected chi connectivity index (χ1v) is 11.7. The van der Waals surface area contributed by atoms with Crippen molar-refractivity contribution < 1.29 is 4.79 Å². The lowest BCUT2D eigenvalue weighted by Gasteiger charge is -2.56. The molecule has 1 saturated carbocycles. The summed E-state index contributed by atoms with van der Waals surface area (Å²) >= 11 is 1.38. The van der Waals surface area contributed by atoms with E-state index < -0.39 is 0 Å². The fourth-order valence-electron chi connectivity index (χ4n) is 5.13. The van der Waals surface area contributed by atoms with E-state index >= 15 is 0 Å². The van der Waals surface area contributed by atoms with Gasteiger partial charge in [-0.3, -0.25) is 14.7 Å². The normalized spacial score (nSPS) is 26.0. The van der Waals surface area contributed by atoms with E-state index in [1.54, 1.807) is 11.7 Å². The van der Waals surface area contributed by atoms with Gasteiger partial charge in [-0.2, -0.15) is 5.26 Å². The molecule has 6 nitrogen and oxygen atoms in total. The first kappa shape index (κ1) is 19.7. The minimum Gasteiger partial charge on any atom is -0.334 e. The second-order valence-electron chi connectivity index (χ2n) is 8.87. The molecule has 0 radical (unpaired) electrons. The first-order chi connectivity index (χ1) is 14.7. The lowest BCUT2D eigenvalue weighted by atomic mass is 9.82. The number of likely N-dealkylation sites (tertiary alicyclic amines) is 2. The Bertz CT molecular complexity index is 911. The molecule has 0 unspecified atom stereocenters. The molecule has 1 aliphatic carbocycles. The summed E-state index contributed by atoms with van der Waals surface area (Å²) in [6.07, 6.45) is 5.56. The van der Waals surface area contributed by atoms with Gasteiger partial charge in [0.2, 0.25) is 0 Å². The highest BCUT2D eigenvalue weighted by Crippen LogP contribution is 2.42. The van der Waals surface area contributed by atoms with Crippen molar-refractivity contribution in [2.45, 2.75) is 49.2 Å². The third-order valence-electron chi connectivity index (χ3n) is 6.94. The van der Waals surface area contributed by atoms with Crippen molar-refractivity contribution in [1.82, 2.24) is 20.1 Å². The predicted octanol–water partition coefficient (Wildman–Crippen LogP) is 2.86. The van der Waals surface area contributed by atoms with Gasteiger partial charge < -0.3 is 10.2 Å². The highest BCUT2D eigenvalue weighted by Gasteiger charge is 2.50. The Kier molecular flexibility index (Phi) is 5.32. The maximum Gasteiger partial charge on any atom is 0.265 e. The fourth-order valence-corrected chi connectivity index (χ4v) is 5.71. The van der Waals surface area contributed by atoms with Crippen LogP contribution < -0.4 is 5.32 Å². The zero-order valence-corrected chi connectivity index (χ0v) is 17.9. The predicted molar refractivity (Wildman–Crippen MR) is 116 cm³/mol. The molecule has 1 aromatic heterocycles. The van der Waals surface area contributed by atoms with Crippen molar-refractivity contribution in [3.05, 3.63) is 52.5 Å². The zero-order chi connectivity index (χ0) is 20.6. The van der Waals surface area contributed by atoms with Crippen LogP contribution in [0.2, 0.25) is 0 Å². The minimum absolute atomic E-state index is 0.0447. The largest absolute Gasteiger partial charge is 0.334 e. The monoisotopic (exact) mass is 421 g/mol. The molecule has 2 aromatic rings. The van der Waals surface area contributed by atoms with Crippen LogP contribution in [0.15, 0.2) is 42.0 Å². The van der Waals surface area contributed by atoms with Gasteiger partial charge in [0.25, 0.3) is 5.91 Å². The number of carbonyl (C=O) groups is 1. The number of amides is 1. The average Bonchev–Trinajstić information content (AvgIpc) is 3.29. The number of carbonyl (C=O) groups excluding carboxylic acids is 1. The smallest absolute Gasteiger partial charge is 0.265 e. The van der Waals surface area contributed by atoms with E-state index in [9.17, 15) is 10.1 Å². The summed E-state index contributed by atoms with van der Waals surface area (Å²) in [5.74, 6) is 0.704. The van der Waals surface area contributed by atoms with Gasteiger partial charge in [-0.1, -0.05) is 30.3 Å². The molecular weight excluding hydrogens is 394 g/mol. The molecular formula is C23H27N5OS. The van der Waals surface area contributed by atoms with Gasteiger partial charge in [0.1, 0.15) is 4.88 Å². The quantitative estimate of drug-likeness (QED) is 0.777. The summed E-state index contributed by atoms with van der Waals surface area (Å²) in [6.45, 7) is 3.28. The van der Waals surface area contributed by atoms with E-state index in [0.717, 1.165) is 25.9 Å². The molecule has 3 fully saturated rings. The van der Waals surface area contributed by atoms with Gasteiger partial charge in [-0.15, -0.1) is 11.3 Å². The third-order valence-corrected chi connectivity index (χ3v) is 7.70. The molecule has 30 heavy (non-hydrogen) atoms. The maximum absolute atomic E-state index is 12.6. The van der Waals surface area contributed by atoms with Gasteiger partial charge in [0, 0.05) is 44.2 Å². The van der Waals surface area contributed by atoms with Crippen LogP contribution in [-0.2, 0) is 0 Å². The van der Waals surface area contributed by atoms with Crippen molar-refractivity contribution in [2.75, 3.05) is 26.2 Å².